The molecule has 0 fully saturated rings. The lowest BCUT2D eigenvalue weighted by Gasteiger charge is -2.12. The van der Waals surface area contributed by atoms with Gasteiger partial charge in [0, 0.05) is 36.3 Å². The largest absolute Gasteiger partial charge is 0.330 e. The second-order valence-corrected chi connectivity index (χ2v) is 5.51. The fourth-order valence-corrected chi connectivity index (χ4v) is 2.61. The molecule has 114 valence electrons. The molecule has 0 saturated heterocycles. The minimum absolute atomic E-state index is 0.103. The molecule has 3 rings (SSSR count). The Labute approximate surface area is 125 Å². The summed E-state index contributed by atoms with van der Waals surface area (Å²) < 4.78 is 29.1. The third kappa shape index (κ3) is 2.41. The third-order valence-corrected chi connectivity index (χ3v) is 3.60. The molecular weight excluding hydrogens is 288 g/mol. The molecule has 0 radical (unpaired) electrons. The average Bonchev–Trinajstić information content (AvgIpc) is 2.91. The van der Waals surface area contributed by atoms with Gasteiger partial charge in [0.1, 0.15) is 5.82 Å². The van der Waals surface area contributed by atoms with E-state index in [4.69, 9.17) is 0 Å². The first kappa shape index (κ1) is 14.4. The van der Waals surface area contributed by atoms with Crippen LogP contribution in [0.4, 0.5) is 8.78 Å². The molecule has 2 aromatic heterocycles. The van der Waals surface area contributed by atoms with Gasteiger partial charge >= 0.3 is 0 Å². The monoisotopic (exact) mass is 303 g/mol. The lowest BCUT2D eigenvalue weighted by atomic mass is 10.1. The standard InChI is InChI=1S/C16H15F2N3O/c1-9(2)16-19-5-6-21(16)8-10-7-13(22)20-15-11(10)3-4-12(17)14(15)18/h3-7,9H,8H2,1-2H3,(H,20,22). The number of aromatic amines is 1. The molecule has 0 saturated carbocycles. The number of H-pyrrole nitrogens is 1. The summed E-state index contributed by atoms with van der Waals surface area (Å²) in [4.78, 5) is 18.4. The highest BCUT2D eigenvalue weighted by Crippen LogP contribution is 2.22. The van der Waals surface area contributed by atoms with Crippen LogP contribution in [0, 0.1) is 11.6 Å². The van der Waals surface area contributed by atoms with Gasteiger partial charge in [0.25, 0.3) is 0 Å². The van der Waals surface area contributed by atoms with Crippen LogP contribution in [0.5, 0.6) is 0 Å². The Kier molecular flexibility index (Phi) is 3.52. The second-order valence-electron chi connectivity index (χ2n) is 5.51. The van der Waals surface area contributed by atoms with Crippen LogP contribution in [-0.4, -0.2) is 14.5 Å². The van der Waals surface area contributed by atoms with E-state index in [0.717, 1.165) is 11.9 Å². The zero-order valence-corrected chi connectivity index (χ0v) is 12.2. The predicted octanol–water partition coefficient (Wildman–Crippen LogP) is 3.17. The number of benzene rings is 1. The first-order valence-electron chi connectivity index (χ1n) is 6.98. The molecule has 22 heavy (non-hydrogen) atoms. The highest BCUT2D eigenvalue weighted by Gasteiger charge is 2.14. The van der Waals surface area contributed by atoms with Crippen molar-refractivity contribution in [3.8, 4) is 0 Å². The van der Waals surface area contributed by atoms with Crippen molar-refractivity contribution in [1.82, 2.24) is 14.5 Å². The molecule has 0 aliphatic heterocycles. The molecule has 1 N–H and O–H groups in total. The number of nitrogens with one attached hydrogen (secondary N) is 1. The molecule has 0 unspecified atom stereocenters. The van der Waals surface area contributed by atoms with Crippen molar-refractivity contribution in [3.05, 3.63) is 64.0 Å². The van der Waals surface area contributed by atoms with E-state index in [1.165, 1.54) is 12.1 Å². The number of hydrogen-bond donors (Lipinski definition) is 1. The molecule has 6 heteroatoms. The van der Waals surface area contributed by atoms with E-state index in [-0.39, 0.29) is 11.4 Å². The summed E-state index contributed by atoms with van der Waals surface area (Å²) in [5, 5.41) is 0.488. The molecule has 0 spiro atoms. The Morgan fingerprint density at radius 1 is 1.32 bits per heavy atom. The Morgan fingerprint density at radius 3 is 2.82 bits per heavy atom. The van der Waals surface area contributed by atoms with Crippen LogP contribution in [0.25, 0.3) is 10.9 Å². The predicted molar refractivity (Wildman–Crippen MR) is 79.9 cm³/mol. The summed E-state index contributed by atoms with van der Waals surface area (Å²) in [5.74, 6) is -0.926. The Hall–Kier alpha value is -2.50. The van der Waals surface area contributed by atoms with Gasteiger partial charge in [0.05, 0.1) is 5.52 Å². The van der Waals surface area contributed by atoms with Gasteiger partial charge in [-0.2, -0.15) is 0 Å². The summed E-state index contributed by atoms with van der Waals surface area (Å²) in [6, 6.07) is 3.95. The molecule has 4 nitrogen and oxygen atoms in total. The lowest BCUT2D eigenvalue weighted by Crippen LogP contribution is -2.12. The van der Waals surface area contributed by atoms with E-state index in [2.05, 4.69) is 9.97 Å². The quantitative estimate of drug-likeness (QED) is 0.808. The van der Waals surface area contributed by atoms with Crippen molar-refractivity contribution in [3.63, 3.8) is 0 Å². The van der Waals surface area contributed by atoms with Crippen LogP contribution in [-0.2, 0) is 6.54 Å². The van der Waals surface area contributed by atoms with E-state index in [1.807, 2.05) is 24.6 Å². The normalized spacial score (nSPS) is 11.5. The van der Waals surface area contributed by atoms with E-state index in [1.54, 1.807) is 6.20 Å². The summed E-state index contributed by atoms with van der Waals surface area (Å²) in [6.45, 7) is 4.41. The van der Waals surface area contributed by atoms with Crippen molar-refractivity contribution >= 4 is 10.9 Å². The number of hydrogen-bond acceptors (Lipinski definition) is 2. The SMILES string of the molecule is CC(C)c1nccn1Cc1cc(=O)[nH]c2c(F)c(F)ccc12. The van der Waals surface area contributed by atoms with Crippen LogP contribution in [0.1, 0.15) is 31.2 Å². The molecule has 0 atom stereocenters. The maximum absolute atomic E-state index is 13.9. The highest BCUT2D eigenvalue weighted by atomic mass is 19.2. The van der Waals surface area contributed by atoms with E-state index in [9.17, 15) is 13.6 Å². The number of fused-ring (bicyclic) bond motifs is 1. The zero-order chi connectivity index (χ0) is 15.9. The van der Waals surface area contributed by atoms with Crippen LogP contribution in [0.3, 0.4) is 0 Å². The Bertz CT molecular complexity index is 896. The van der Waals surface area contributed by atoms with Crippen molar-refractivity contribution in [1.29, 1.82) is 0 Å². The molecule has 0 aliphatic carbocycles. The maximum atomic E-state index is 13.9. The van der Waals surface area contributed by atoms with Crippen molar-refractivity contribution < 1.29 is 8.78 Å². The molecule has 0 bridgehead atoms. The van der Waals surface area contributed by atoms with Crippen LogP contribution in [0.2, 0.25) is 0 Å². The zero-order valence-electron chi connectivity index (χ0n) is 12.2. The fourth-order valence-electron chi connectivity index (χ4n) is 2.61. The average molecular weight is 303 g/mol. The first-order valence-corrected chi connectivity index (χ1v) is 6.98. The number of aromatic nitrogens is 3. The van der Waals surface area contributed by atoms with Gasteiger partial charge in [-0.15, -0.1) is 0 Å². The first-order chi connectivity index (χ1) is 10.5. The molecule has 0 amide bonds. The number of imidazole rings is 1. The minimum Gasteiger partial charge on any atom is -0.330 e. The van der Waals surface area contributed by atoms with E-state index < -0.39 is 17.2 Å². The van der Waals surface area contributed by atoms with Gasteiger partial charge in [-0.25, -0.2) is 13.8 Å². The van der Waals surface area contributed by atoms with Crippen LogP contribution >= 0.6 is 0 Å². The molecule has 0 aliphatic rings. The van der Waals surface area contributed by atoms with Crippen molar-refractivity contribution in [2.75, 3.05) is 0 Å². The topological polar surface area (TPSA) is 50.7 Å². The highest BCUT2D eigenvalue weighted by molar-refractivity contribution is 5.82. The Balaban J connectivity index is 2.17. The van der Waals surface area contributed by atoms with Crippen LogP contribution in [0.15, 0.2) is 35.4 Å². The molecule has 1 aromatic carbocycles. The smallest absolute Gasteiger partial charge is 0.248 e. The third-order valence-electron chi connectivity index (χ3n) is 3.60. The summed E-state index contributed by atoms with van der Waals surface area (Å²) in [7, 11) is 0. The number of halogens is 2. The van der Waals surface area contributed by atoms with Gasteiger partial charge in [-0.3, -0.25) is 4.79 Å². The second kappa shape index (κ2) is 5.36. The van der Waals surface area contributed by atoms with Gasteiger partial charge < -0.3 is 9.55 Å². The summed E-state index contributed by atoms with van der Waals surface area (Å²) >= 11 is 0. The van der Waals surface area contributed by atoms with Gasteiger partial charge in [0.15, 0.2) is 11.6 Å². The summed E-state index contributed by atoms with van der Waals surface area (Å²) in [5.41, 5.74) is 0.0597. The lowest BCUT2D eigenvalue weighted by molar-refractivity contribution is 0.515. The fraction of sp³-hybridized carbons (Fsp3) is 0.250. The molecule has 3 aromatic rings. The Morgan fingerprint density at radius 2 is 2.09 bits per heavy atom. The number of rotatable bonds is 3. The molecule has 2 heterocycles. The number of nitrogens with zero attached hydrogens (tertiary/aromatic N) is 2. The summed E-state index contributed by atoms with van der Waals surface area (Å²) in [6.07, 6.45) is 3.49. The molecular formula is C16H15F2N3O. The van der Waals surface area contributed by atoms with Crippen LogP contribution < -0.4 is 5.56 Å². The van der Waals surface area contributed by atoms with Gasteiger partial charge in [-0.05, 0) is 17.7 Å². The van der Waals surface area contributed by atoms with Crippen molar-refractivity contribution in [2.45, 2.75) is 26.3 Å². The number of pyridine rings is 1. The van der Waals surface area contributed by atoms with Crippen molar-refractivity contribution in [2.24, 2.45) is 0 Å². The maximum Gasteiger partial charge on any atom is 0.248 e. The van der Waals surface area contributed by atoms with Gasteiger partial charge in [-0.1, -0.05) is 13.8 Å². The van der Waals surface area contributed by atoms with Gasteiger partial charge in [0.2, 0.25) is 5.56 Å². The minimum atomic E-state index is -1.04. The van der Waals surface area contributed by atoms with E-state index >= 15 is 0 Å². The van der Waals surface area contributed by atoms with E-state index in [0.29, 0.717) is 17.5 Å².